The van der Waals surface area contributed by atoms with Crippen molar-refractivity contribution < 1.29 is 13.9 Å². The van der Waals surface area contributed by atoms with Crippen LogP contribution in [0.25, 0.3) is 22.7 Å². The first-order chi connectivity index (χ1) is 15.4. The number of methoxy groups -OCH3 is 1. The number of pyridine rings is 1. The highest BCUT2D eigenvalue weighted by molar-refractivity contribution is 9.10. The number of rotatable bonds is 4. The van der Waals surface area contributed by atoms with Crippen molar-refractivity contribution in [1.82, 2.24) is 15.3 Å². The Morgan fingerprint density at radius 1 is 1.16 bits per heavy atom. The summed E-state index contributed by atoms with van der Waals surface area (Å²) in [6.07, 6.45) is 1.67. The molecule has 0 bridgehead atoms. The number of amides is 1. The van der Waals surface area contributed by atoms with Crippen LogP contribution in [0.4, 0.5) is 5.69 Å². The van der Waals surface area contributed by atoms with Gasteiger partial charge < -0.3 is 14.5 Å². The smallest absolute Gasteiger partial charge is 0.261 e. The molecule has 0 aliphatic carbocycles. The molecule has 0 saturated heterocycles. The number of aromatic nitrogens is 2. The summed E-state index contributed by atoms with van der Waals surface area (Å²) < 4.78 is 12.0. The minimum atomic E-state index is -0.373. The zero-order valence-electron chi connectivity index (χ0n) is 17.5. The summed E-state index contributed by atoms with van der Waals surface area (Å²) in [5.74, 6) is 0.574. The molecule has 2 heterocycles. The van der Waals surface area contributed by atoms with E-state index >= 15 is 0 Å². The number of nitrogens with zero attached hydrogens (tertiary/aromatic N) is 2. The average molecular weight is 511 g/mol. The molecule has 2 N–H and O–H groups in total. The molecule has 0 unspecified atom stereocenters. The Labute approximate surface area is 198 Å². The van der Waals surface area contributed by atoms with E-state index < -0.39 is 0 Å². The normalized spacial score (nSPS) is 10.8. The summed E-state index contributed by atoms with van der Waals surface area (Å²) in [6, 6.07) is 12.9. The van der Waals surface area contributed by atoms with Gasteiger partial charge in [-0.3, -0.25) is 10.1 Å². The lowest BCUT2D eigenvalue weighted by Gasteiger charge is -2.15. The van der Waals surface area contributed by atoms with Crippen molar-refractivity contribution in [2.24, 2.45) is 0 Å². The molecule has 4 aromatic rings. The van der Waals surface area contributed by atoms with Gasteiger partial charge in [-0.15, -0.1) is 0 Å². The van der Waals surface area contributed by atoms with E-state index in [2.05, 4.69) is 36.5 Å². The predicted octanol–water partition coefficient (Wildman–Crippen LogP) is 5.40. The van der Waals surface area contributed by atoms with Crippen molar-refractivity contribution in [1.29, 1.82) is 0 Å². The maximum atomic E-state index is 12.8. The fourth-order valence-electron chi connectivity index (χ4n) is 3.28. The Balaban J connectivity index is 1.55. The zero-order chi connectivity index (χ0) is 22.8. The molecule has 0 aliphatic rings. The van der Waals surface area contributed by atoms with Crippen LogP contribution < -0.4 is 15.4 Å². The third kappa shape index (κ3) is 4.49. The molecule has 9 heteroatoms. The first-order valence-corrected chi connectivity index (χ1v) is 10.8. The van der Waals surface area contributed by atoms with Gasteiger partial charge in [-0.25, -0.2) is 4.98 Å². The molecule has 4 rings (SSSR count). The lowest BCUT2D eigenvalue weighted by atomic mass is 10.1. The van der Waals surface area contributed by atoms with Crippen molar-refractivity contribution in [2.45, 2.75) is 13.8 Å². The number of nitrogens with one attached hydrogen (secondary N) is 2. The molecular weight excluding hydrogens is 492 g/mol. The standard InChI is InChI=1S/C23H19BrN4O3S/c1-12-6-7-14(22-27-20-18(31-22)5-4-8-25-20)10-17(12)26-23(32)28-21(29)16-11-15(24)9-13(2)19(16)30-3/h4-11H,1-3H3,(H2,26,28,29,32). The van der Waals surface area contributed by atoms with E-state index in [1.807, 2.05) is 44.2 Å². The van der Waals surface area contributed by atoms with Gasteiger partial charge >= 0.3 is 0 Å². The second kappa shape index (κ2) is 9.05. The molecule has 0 radical (unpaired) electrons. The molecule has 1 amide bonds. The maximum absolute atomic E-state index is 12.8. The number of halogens is 1. The van der Waals surface area contributed by atoms with Gasteiger partial charge in [0.2, 0.25) is 5.89 Å². The highest BCUT2D eigenvalue weighted by atomic mass is 79.9. The van der Waals surface area contributed by atoms with Crippen LogP contribution in [0, 0.1) is 13.8 Å². The number of carbonyl (C=O) groups is 1. The minimum absolute atomic E-state index is 0.161. The van der Waals surface area contributed by atoms with E-state index in [4.69, 9.17) is 21.4 Å². The van der Waals surface area contributed by atoms with Gasteiger partial charge in [0.05, 0.1) is 12.7 Å². The van der Waals surface area contributed by atoms with Crippen molar-refractivity contribution >= 4 is 56.1 Å². The monoisotopic (exact) mass is 510 g/mol. The molecule has 162 valence electrons. The summed E-state index contributed by atoms with van der Waals surface area (Å²) >= 11 is 8.80. The quantitative estimate of drug-likeness (QED) is 0.355. The summed E-state index contributed by atoms with van der Waals surface area (Å²) in [5.41, 5.74) is 4.79. The number of oxazole rings is 1. The number of carbonyl (C=O) groups excluding carboxylic acids is 1. The zero-order valence-corrected chi connectivity index (χ0v) is 19.9. The third-order valence-corrected chi connectivity index (χ3v) is 5.47. The molecule has 0 fully saturated rings. The van der Waals surface area contributed by atoms with Crippen molar-refractivity contribution in [2.75, 3.05) is 12.4 Å². The second-order valence-electron chi connectivity index (χ2n) is 7.09. The highest BCUT2D eigenvalue weighted by Gasteiger charge is 2.17. The van der Waals surface area contributed by atoms with Crippen LogP contribution in [0.1, 0.15) is 21.5 Å². The van der Waals surface area contributed by atoms with Crippen LogP contribution in [0.3, 0.4) is 0 Å². The van der Waals surface area contributed by atoms with Gasteiger partial charge in [-0.2, -0.15) is 4.98 Å². The molecule has 0 atom stereocenters. The lowest BCUT2D eigenvalue weighted by Crippen LogP contribution is -2.34. The number of hydrogen-bond donors (Lipinski definition) is 2. The third-order valence-electron chi connectivity index (χ3n) is 4.81. The molecule has 0 spiro atoms. The second-order valence-corrected chi connectivity index (χ2v) is 8.41. The number of anilines is 1. The van der Waals surface area contributed by atoms with Gasteiger partial charge in [0.1, 0.15) is 5.75 Å². The van der Waals surface area contributed by atoms with Gasteiger partial charge in [0, 0.05) is 21.9 Å². The summed E-state index contributed by atoms with van der Waals surface area (Å²) in [5, 5.41) is 5.96. The number of fused-ring (bicyclic) bond motifs is 1. The Kier molecular flexibility index (Phi) is 6.20. The predicted molar refractivity (Wildman–Crippen MR) is 131 cm³/mol. The van der Waals surface area contributed by atoms with Crippen LogP contribution >= 0.6 is 28.1 Å². The number of thiocarbonyl (C=S) groups is 1. The summed E-state index contributed by atoms with van der Waals surface area (Å²) in [6.45, 7) is 3.80. The lowest BCUT2D eigenvalue weighted by molar-refractivity contribution is 0.0974. The fourth-order valence-corrected chi connectivity index (χ4v) is 4.05. The van der Waals surface area contributed by atoms with E-state index in [-0.39, 0.29) is 11.0 Å². The van der Waals surface area contributed by atoms with Gasteiger partial charge in [-0.05, 0) is 73.6 Å². The molecule has 32 heavy (non-hydrogen) atoms. The topological polar surface area (TPSA) is 89.3 Å². The number of ether oxygens (including phenoxy) is 1. The van der Waals surface area contributed by atoms with Crippen molar-refractivity contribution in [3.8, 4) is 17.2 Å². The van der Waals surface area contributed by atoms with E-state index in [9.17, 15) is 4.79 Å². The van der Waals surface area contributed by atoms with E-state index in [0.29, 0.717) is 28.4 Å². The Morgan fingerprint density at radius 3 is 2.72 bits per heavy atom. The molecule has 7 nitrogen and oxygen atoms in total. The SMILES string of the molecule is COc1c(C)cc(Br)cc1C(=O)NC(=S)Nc1cc(-c2nc3ncccc3o2)ccc1C. The first kappa shape index (κ1) is 21.9. The van der Waals surface area contributed by atoms with E-state index in [0.717, 1.165) is 26.9 Å². The largest absolute Gasteiger partial charge is 0.496 e. The number of benzene rings is 2. The van der Waals surface area contributed by atoms with Gasteiger partial charge in [-0.1, -0.05) is 22.0 Å². The molecule has 0 saturated carbocycles. The highest BCUT2D eigenvalue weighted by Crippen LogP contribution is 2.29. The number of aryl methyl sites for hydroxylation is 2. The van der Waals surface area contributed by atoms with Crippen LogP contribution in [0.5, 0.6) is 5.75 Å². The molecular formula is C23H19BrN4O3S. The van der Waals surface area contributed by atoms with Crippen LogP contribution in [0.15, 0.2) is 57.6 Å². The van der Waals surface area contributed by atoms with E-state index in [1.54, 1.807) is 18.3 Å². The Hall–Kier alpha value is -3.30. The maximum Gasteiger partial charge on any atom is 0.261 e. The van der Waals surface area contributed by atoms with E-state index in [1.165, 1.54) is 7.11 Å². The van der Waals surface area contributed by atoms with Crippen molar-refractivity contribution in [3.63, 3.8) is 0 Å². The molecule has 2 aromatic carbocycles. The molecule has 2 aromatic heterocycles. The van der Waals surface area contributed by atoms with Crippen LogP contribution in [-0.4, -0.2) is 28.1 Å². The summed E-state index contributed by atoms with van der Waals surface area (Å²) in [7, 11) is 1.53. The average Bonchev–Trinajstić information content (AvgIpc) is 3.19. The Bertz CT molecular complexity index is 1320. The minimum Gasteiger partial charge on any atom is -0.496 e. The number of hydrogen-bond acceptors (Lipinski definition) is 6. The van der Waals surface area contributed by atoms with Crippen molar-refractivity contribution in [3.05, 3.63) is 69.8 Å². The summed E-state index contributed by atoms with van der Waals surface area (Å²) in [4.78, 5) is 21.5. The molecule has 0 aliphatic heterocycles. The fraction of sp³-hybridized carbons (Fsp3) is 0.130. The van der Waals surface area contributed by atoms with Gasteiger partial charge in [0.25, 0.3) is 5.91 Å². The Morgan fingerprint density at radius 2 is 1.97 bits per heavy atom. The first-order valence-electron chi connectivity index (χ1n) is 9.64. The van der Waals surface area contributed by atoms with Crippen LogP contribution in [-0.2, 0) is 0 Å². The van der Waals surface area contributed by atoms with Crippen LogP contribution in [0.2, 0.25) is 0 Å². The van der Waals surface area contributed by atoms with Gasteiger partial charge in [0.15, 0.2) is 16.3 Å².